The number of ether oxygens (including phenoxy) is 4. The fourth-order valence-corrected chi connectivity index (χ4v) is 3.27. The summed E-state index contributed by atoms with van der Waals surface area (Å²) in [5.41, 5.74) is 3.18. The van der Waals surface area contributed by atoms with Crippen LogP contribution in [0.1, 0.15) is 16.7 Å². The van der Waals surface area contributed by atoms with Gasteiger partial charge in [0.1, 0.15) is 19.8 Å². The zero-order valence-electron chi connectivity index (χ0n) is 18.1. The van der Waals surface area contributed by atoms with Crippen molar-refractivity contribution in [1.82, 2.24) is 0 Å². The van der Waals surface area contributed by atoms with Crippen LogP contribution in [0.25, 0.3) is 0 Å². The number of hydrogen-bond acceptors (Lipinski definition) is 4. The Hall–Kier alpha value is -3.92. The summed E-state index contributed by atoms with van der Waals surface area (Å²) in [6.45, 7) is 1.20. The molecular weight excluding hydrogens is 400 g/mol. The molecule has 0 atom stereocenters. The van der Waals surface area contributed by atoms with Crippen molar-refractivity contribution in [3.8, 4) is 23.0 Å². The van der Waals surface area contributed by atoms with Gasteiger partial charge in [-0.3, -0.25) is 0 Å². The SMILES string of the molecule is COc1ccc(OCc2ccccc2)c(OCc2ccccc2)c1OCc1ccccc1. The van der Waals surface area contributed by atoms with Crippen LogP contribution in [0.3, 0.4) is 0 Å². The number of methoxy groups -OCH3 is 1. The van der Waals surface area contributed by atoms with E-state index in [1.807, 2.05) is 103 Å². The van der Waals surface area contributed by atoms with Gasteiger partial charge in [-0.25, -0.2) is 0 Å². The number of benzene rings is 4. The van der Waals surface area contributed by atoms with Gasteiger partial charge in [0.15, 0.2) is 11.5 Å². The maximum Gasteiger partial charge on any atom is 0.207 e. The minimum absolute atomic E-state index is 0.386. The Kier molecular flexibility index (Phi) is 7.27. The molecule has 0 heterocycles. The van der Waals surface area contributed by atoms with E-state index in [9.17, 15) is 0 Å². The maximum atomic E-state index is 6.24. The first-order valence-corrected chi connectivity index (χ1v) is 10.5. The van der Waals surface area contributed by atoms with Crippen LogP contribution in [0.2, 0.25) is 0 Å². The topological polar surface area (TPSA) is 36.9 Å². The Morgan fingerprint density at radius 3 is 1.25 bits per heavy atom. The van der Waals surface area contributed by atoms with Crippen LogP contribution in [0.5, 0.6) is 23.0 Å². The molecule has 0 amide bonds. The predicted octanol–water partition coefficient (Wildman–Crippen LogP) is 6.43. The van der Waals surface area contributed by atoms with E-state index < -0.39 is 0 Å². The molecule has 0 bridgehead atoms. The molecule has 4 aromatic rings. The van der Waals surface area contributed by atoms with Crippen molar-refractivity contribution in [1.29, 1.82) is 0 Å². The van der Waals surface area contributed by atoms with Crippen LogP contribution >= 0.6 is 0 Å². The van der Waals surface area contributed by atoms with Gasteiger partial charge >= 0.3 is 0 Å². The van der Waals surface area contributed by atoms with E-state index in [0.717, 1.165) is 16.7 Å². The number of hydrogen-bond donors (Lipinski definition) is 0. The normalized spacial score (nSPS) is 10.4. The van der Waals surface area contributed by atoms with E-state index in [2.05, 4.69) is 0 Å². The number of rotatable bonds is 10. The third-order valence-corrected chi connectivity index (χ3v) is 4.95. The van der Waals surface area contributed by atoms with E-state index in [1.165, 1.54) is 0 Å². The Bertz CT molecular complexity index is 1100. The van der Waals surface area contributed by atoms with Gasteiger partial charge in [0.2, 0.25) is 11.5 Å². The van der Waals surface area contributed by atoms with Crippen LogP contribution in [0, 0.1) is 0 Å². The highest BCUT2D eigenvalue weighted by Crippen LogP contribution is 2.45. The monoisotopic (exact) mass is 426 g/mol. The molecule has 0 unspecified atom stereocenters. The average Bonchev–Trinajstić information content (AvgIpc) is 2.87. The molecule has 4 heteroatoms. The van der Waals surface area contributed by atoms with Crippen molar-refractivity contribution in [2.75, 3.05) is 7.11 Å². The summed E-state index contributed by atoms with van der Waals surface area (Å²) < 4.78 is 24.2. The minimum Gasteiger partial charge on any atom is -0.493 e. The van der Waals surface area contributed by atoms with Crippen molar-refractivity contribution in [2.24, 2.45) is 0 Å². The Balaban J connectivity index is 1.62. The third kappa shape index (κ3) is 5.61. The van der Waals surface area contributed by atoms with Crippen molar-refractivity contribution in [3.63, 3.8) is 0 Å². The Morgan fingerprint density at radius 1 is 0.438 bits per heavy atom. The summed E-state index contributed by atoms with van der Waals surface area (Å²) in [6, 6.07) is 33.7. The molecule has 0 aliphatic heterocycles. The fraction of sp³-hybridized carbons (Fsp3) is 0.143. The molecule has 162 valence electrons. The Labute approximate surface area is 189 Å². The highest BCUT2D eigenvalue weighted by molar-refractivity contribution is 5.59. The van der Waals surface area contributed by atoms with Crippen LogP contribution in [-0.4, -0.2) is 7.11 Å². The molecule has 4 aromatic carbocycles. The van der Waals surface area contributed by atoms with Crippen LogP contribution in [0.15, 0.2) is 103 Å². The van der Waals surface area contributed by atoms with E-state index >= 15 is 0 Å². The van der Waals surface area contributed by atoms with Crippen LogP contribution < -0.4 is 18.9 Å². The largest absolute Gasteiger partial charge is 0.493 e. The summed E-state index contributed by atoms with van der Waals surface area (Å²) in [4.78, 5) is 0. The van der Waals surface area contributed by atoms with Crippen molar-refractivity contribution in [3.05, 3.63) is 120 Å². The standard InChI is InChI=1S/C28H26O4/c1-29-25-17-18-26(30-19-22-11-5-2-6-12-22)28(32-21-24-15-9-4-10-16-24)27(25)31-20-23-13-7-3-8-14-23/h2-18H,19-21H2,1H3. The molecule has 0 saturated heterocycles. The third-order valence-electron chi connectivity index (χ3n) is 4.95. The lowest BCUT2D eigenvalue weighted by Gasteiger charge is -2.19. The first-order chi connectivity index (χ1) is 15.8. The second-order valence-electron chi connectivity index (χ2n) is 7.25. The van der Waals surface area contributed by atoms with Gasteiger partial charge < -0.3 is 18.9 Å². The molecule has 32 heavy (non-hydrogen) atoms. The van der Waals surface area contributed by atoms with Crippen molar-refractivity contribution >= 4 is 0 Å². The van der Waals surface area contributed by atoms with E-state index in [0.29, 0.717) is 42.8 Å². The predicted molar refractivity (Wildman–Crippen MR) is 125 cm³/mol. The molecule has 0 N–H and O–H groups in total. The summed E-state index contributed by atoms with van der Waals surface area (Å²) in [7, 11) is 1.62. The van der Waals surface area contributed by atoms with Gasteiger partial charge in [0, 0.05) is 0 Å². The maximum absolute atomic E-state index is 6.24. The lowest BCUT2D eigenvalue weighted by molar-refractivity contribution is 0.222. The molecule has 0 aliphatic rings. The van der Waals surface area contributed by atoms with Crippen molar-refractivity contribution < 1.29 is 18.9 Å². The van der Waals surface area contributed by atoms with E-state index in [4.69, 9.17) is 18.9 Å². The molecule has 4 nitrogen and oxygen atoms in total. The highest BCUT2D eigenvalue weighted by atomic mass is 16.6. The molecule has 4 rings (SSSR count). The van der Waals surface area contributed by atoms with Crippen LogP contribution in [0.4, 0.5) is 0 Å². The van der Waals surface area contributed by atoms with Crippen LogP contribution in [-0.2, 0) is 19.8 Å². The fourth-order valence-electron chi connectivity index (χ4n) is 3.27. The zero-order chi connectivity index (χ0) is 22.0. The first-order valence-electron chi connectivity index (χ1n) is 10.5. The summed E-state index contributed by atoms with van der Waals surface area (Å²) in [5, 5.41) is 0. The highest BCUT2D eigenvalue weighted by Gasteiger charge is 2.19. The van der Waals surface area contributed by atoms with Gasteiger partial charge in [-0.05, 0) is 28.8 Å². The smallest absolute Gasteiger partial charge is 0.207 e. The average molecular weight is 427 g/mol. The lowest BCUT2D eigenvalue weighted by Crippen LogP contribution is -2.05. The van der Waals surface area contributed by atoms with E-state index in [-0.39, 0.29) is 0 Å². The second-order valence-corrected chi connectivity index (χ2v) is 7.25. The van der Waals surface area contributed by atoms with Gasteiger partial charge in [-0.2, -0.15) is 0 Å². The molecule has 0 fully saturated rings. The van der Waals surface area contributed by atoms with Gasteiger partial charge in [-0.15, -0.1) is 0 Å². The molecule has 0 spiro atoms. The Morgan fingerprint density at radius 2 is 0.812 bits per heavy atom. The quantitative estimate of drug-likeness (QED) is 0.293. The molecule has 0 radical (unpaired) electrons. The molecule has 0 aliphatic carbocycles. The molecular formula is C28H26O4. The van der Waals surface area contributed by atoms with Gasteiger partial charge in [-0.1, -0.05) is 91.0 Å². The second kappa shape index (κ2) is 10.9. The van der Waals surface area contributed by atoms with Gasteiger partial charge in [0.25, 0.3) is 0 Å². The summed E-state index contributed by atoms with van der Waals surface area (Å²) in [5.74, 6) is 2.25. The minimum atomic E-state index is 0.386. The zero-order valence-corrected chi connectivity index (χ0v) is 18.1. The summed E-state index contributed by atoms with van der Waals surface area (Å²) >= 11 is 0. The first kappa shape index (κ1) is 21.3. The van der Waals surface area contributed by atoms with Crippen molar-refractivity contribution in [2.45, 2.75) is 19.8 Å². The lowest BCUT2D eigenvalue weighted by atomic mass is 10.2. The molecule has 0 aromatic heterocycles. The van der Waals surface area contributed by atoms with Gasteiger partial charge in [0.05, 0.1) is 7.11 Å². The molecule has 0 saturated carbocycles. The summed E-state index contributed by atoms with van der Waals surface area (Å²) in [6.07, 6.45) is 0. The van der Waals surface area contributed by atoms with E-state index in [1.54, 1.807) is 7.11 Å².